The maximum absolute atomic E-state index is 13.3. The van der Waals surface area contributed by atoms with E-state index in [1.54, 1.807) is 16.8 Å². The monoisotopic (exact) mass is 449 g/mol. The van der Waals surface area contributed by atoms with Crippen molar-refractivity contribution in [3.05, 3.63) is 71.3 Å². The van der Waals surface area contributed by atoms with Crippen LogP contribution in [0.2, 0.25) is 0 Å². The molecule has 33 heavy (non-hydrogen) atoms. The molecule has 1 saturated heterocycles. The lowest BCUT2D eigenvalue weighted by Gasteiger charge is -2.33. The van der Waals surface area contributed by atoms with Crippen LogP contribution in [-0.2, 0) is 16.0 Å². The van der Waals surface area contributed by atoms with Crippen LogP contribution in [0.1, 0.15) is 29.8 Å². The van der Waals surface area contributed by atoms with E-state index in [-0.39, 0.29) is 30.0 Å². The zero-order valence-corrected chi connectivity index (χ0v) is 18.8. The van der Waals surface area contributed by atoms with E-state index in [1.807, 2.05) is 38.1 Å². The minimum atomic E-state index is -0.308. The summed E-state index contributed by atoms with van der Waals surface area (Å²) in [6.45, 7) is 5.20. The number of halogens is 1. The number of piperidine rings is 1. The molecule has 4 rings (SSSR count). The average molecular weight is 450 g/mol. The van der Waals surface area contributed by atoms with Crippen molar-refractivity contribution in [2.24, 2.45) is 11.7 Å². The van der Waals surface area contributed by atoms with Crippen LogP contribution in [0.15, 0.2) is 48.5 Å². The molecule has 0 spiro atoms. The highest BCUT2D eigenvalue weighted by Crippen LogP contribution is 2.30. The van der Waals surface area contributed by atoms with Gasteiger partial charge in [0.15, 0.2) is 0 Å². The highest BCUT2D eigenvalue weighted by atomic mass is 19.1. The lowest BCUT2D eigenvalue weighted by atomic mass is 9.96. The van der Waals surface area contributed by atoms with Crippen molar-refractivity contribution >= 4 is 23.2 Å². The van der Waals surface area contributed by atoms with Gasteiger partial charge in [-0.15, -0.1) is 0 Å². The van der Waals surface area contributed by atoms with Gasteiger partial charge in [-0.05, 0) is 63.1 Å². The molecule has 3 aromatic rings. The number of aryl methyl sites for hydroxylation is 1. The molecule has 0 unspecified atom stereocenters. The number of amides is 2. The van der Waals surface area contributed by atoms with Gasteiger partial charge in [0.05, 0.1) is 29.2 Å². The second kappa shape index (κ2) is 9.44. The Kier molecular flexibility index (Phi) is 6.44. The smallest absolute Gasteiger partial charge is 0.228 e. The van der Waals surface area contributed by atoms with Crippen LogP contribution in [0, 0.1) is 25.6 Å². The van der Waals surface area contributed by atoms with Crippen molar-refractivity contribution in [1.29, 1.82) is 0 Å². The first-order valence-corrected chi connectivity index (χ1v) is 11.1. The van der Waals surface area contributed by atoms with E-state index < -0.39 is 0 Å². The van der Waals surface area contributed by atoms with Crippen molar-refractivity contribution in [3.63, 3.8) is 0 Å². The maximum Gasteiger partial charge on any atom is 0.228 e. The van der Waals surface area contributed by atoms with Crippen molar-refractivity contribution < 1.29 is 14.0 Å². The molecule has 0 aliphatic carbocycles. The van der Waals surface area contributed by atoms with E-state index in [9.17, 15) is 14.0 Å². The molecular weight excluding hydrogens is 421 g/mol. The molecule has 0 saturated carbocycles. The summed E-state index contributed by atoms with van der Waals surface area (Å²) >= 11 is 0. The first-order valence-electron chi connectivity index (χ1n) is 11.1. The Morgan fingerprint density at radius 2 is 1.76 bits per heavy atom. The van der Waals surface area contributed by atoms with Gasteiger partial charge in [0.25, 0.3) is 0 Å². The summed E-state index contributed by atoms with van der Waals surface area (Å²) in [7, 11) is 0. The fourth-order valence-corrected chi connectivity index (χ4v) is 4.38. The van der Waals surface area contributed by atoms with Gasteiger partial charge in [-0.1, -0.05) is 12.1 Å². The van der Waals surface area contributed by atoms with Gasteiger partial charge in [-0.25, -0.2) is 9.07 Å². The van der Waals surface area contributed by atoms with Gasteiger partial charge >= 0.3 is 0 Å². The summed E-state index contributed by atoms with van der Waals surface area (Å²) in [4.78, 5) is 26.6. The first kappa shape index (κ1) is 22.5. The number of aromatic nitrogens is 2. The van der Waals surface area contributed by atoms with E-state index in [0.717, 1.165) is 34.0 Å². The van der Waals surface area contributed by atoms with Crippen molar-refractivity contribution in [3.8, 4) is 5.69 Å². The Hall–Kier alpha value is -3.68. The summed E-state index contributed by atoms with van der Waals surface area (Å²) < 4.78 is 15.0. The minimum absolute atomic E-state index is 0.0911. The van der Waals surface area contributed by atoms with Crippen molar-refractivity contribution in [1.82, 2.24) is 9.78 Å². The molecule has 7 nitrogen and oxygen atoms in total. The quantitative estimate of drug-likeness (QED) is 0.602. The molecule has 1 aliphatic rings. The minimum Gasteiger partial charge on any atom is -0.370 e. The second-order valence-corrected chi connectivity index (χ2v) is 8.44. The van der Waals surface area contributed by atoms with Gasteiger partial charge in [-0.2, -0.15) is 5.10 Å². The van der Waals surface area contributed by atoms with Crippen LogP contribution in [-0.4, -0.2) is 34.7 Å². The SMILES string of the molecule is Cc1nn(-c2ccc(F)cc2)c(C)c1CC(=O)Nc1ccccc1N1CCC(C(N)=O)CC1. The largest absolute Gasteiger partial charge is 0.370 e. The van der Waals surface area contributed by atoms with Gasteiger partial charge < -0.3 is 16.0 Å². The van der Waals surface area contributed by atoms with Crippen LogP contribution in [0.4, 0.5) is 15.8 Å². The van der Waals surface area contributed by atoms with Crippen LogP contribution in [0.3, 0.4) is 0 Å². The van der Waals surface area contributed by atoms with E-state index in [2.05, 4.69) is 15.3 Å². The van der Waals surface area contributed by atoms with Gasteiger partial charge in [0.2, 0.25) is 11.8 Å². The van der Waals surface area contributed by atoms with Gasteiger partial charge in [0, 0.05) is 30.3 Å². The number of hydrogen-bond acceptors (Lipinski definition) is 4. The molecular formula is C25H28FN5O2. The maximum atomic E-state index is 13.3. The summed E-state index contributed by atoms with van der Waals surface area (Å²) in [5, 5.41) is 7.59. The first-order chi connectivity index (χ1) is 15.8. The van der Waals surface area contributed by atoms with Crippen LogP contribution >= 0.6 is 0 Å². The molecule has 172 valence electrons. The van der Waals surface area contributed by atoms with Crippen LogP contribution in [0.5, 0.6) is 0 Å². The molecule has 1 aromatic heterocycles. The average Bonchev–Trinajstić information content (AvgIpc) is 3.08. The molecule has 2 heterocycles. The molecule has 0 radical (unpaired) electrons. The lowest BCUT2D eigenvalue weighted by Crippen LogP contribution is -2.38. The van der Waals surface area contributed by atoms with Crippen LogP contribution in [0.25, 0.3) is 5.69 Å². The predicted octanol–water partition coefficient (Wildman–Crippen LogP) is 3.51. The summed E-state index contributed by atoms with van der Waals surface area (Å²) in [6.07, 6.45) is 1.59. The highest BCUT2D eigenvalue weighted by molar-refractivity contribution is 5.96. The van der Waals surface area contributed by atoms with Crippen molar-refractivity contribution in [2.75, 3.05) is 23.3 Å². The number of para-hydroxylation sites is 2. The van der Waals surface area contributed by atoms with Gasteiger partial charge in [0.1, 0.15) is 5.82 Å². The second-order valence-electron chi connectivity index (χ2n) is 8.44. The molecule has 3 N–H and O–H groups in total. The van der Waals surface area contributed by atoms with E-state index in [0.29, 0.717) is 25.9 Å². The number of hydrogen-bond donors (Lipinski definition) is 2. The standard InChI is InChI=1S/C25H28FN5O2/c1-16-21(17(2)31(29-16)20-9-7-19(26)8-10-20)15-24(32)28-22-5-3-4-6-23(22)30-13-11-18(12-14-30)25(27)33/h3-10,18H,11-15H2,1-2H3,(H2,27,33)(H,28,32). The fourth-order valence-electron chi connectivity index (χ4n) is 4.38. The molecule has 2 aromatic carbocycles. The predicted molar refractivity (Wildman–Crippen MR) is 126 cm³/mol. The third kappa shape index (κ3) is 4.89. The normalized spacial score (nSPS) is 14.3. The summed E-state index contributed by atoms with van der Waals surface area (Å²) in [6, 6.07) is 13.8. The Balaban J connectivity index is 1.48. The number of anilines is 2. The highest BCUT2D eigenvalue weighted by Gasteiger charge is 2.25. The van der Waals surface area contributed by atoms with E-state index in [1.165, 1.54) is 12.1 Å². The van der Waals surface area contributed by atoms with E-state index in [4.69, 9.17) is 5.73 Å². The zero-order valence-electron chi connectivity index (χ0n) is 18.8. The zero-order chi connectivity index (χ0) is 23.5. The van der Waals surface area contributed by atoms with Crippen molar-refractivity contribution in [2.45, 2.75) is 33.1 Å². The molecule has 0 bridgehead atoms. The topological polar surface area (TPSA) is 93.2 Å². The Bertz CT molecular complexity index is 1160. The number of rotatable bonds is 6. The molecule has 1 aliphatic heterocycles. The number of carbonyl (C=O) groups is 2. The molecule has 2 amide bonds. The molecule has 0 atom stereocenters. The Morgan fingerprint density at radius 3 is 2.42 bits per heavy atom. The number of benzene rings is 2. The Morgan fingerprint density at radius 1 is 1.09 bits per heavy atom. The third-order valence-electron chi connectivity index (χ3n) is 6.27. The van der Waals surface area contributed by atoms with Crippen LogP contribution < -0.4 is 16.0 Å². The third-order valence-corrected chi connectivity index (χ3v) is 6.27. The van der Waals surface area contributed by atoms with E-state index >= 15 is 0 Å². The number of nitrogens with two attached hydrogens (primary N) is 1. The summed E-state index contributed by atoms with van der Waals surface area (Å²) in [5.74, 6) is -0.786. The summed E-state index contributed by atoms with van der Waals surface area (Å²) in [5.41, 5.74) is 10.3. The number of nitrogens with zero attached hydrogens (tertiary/aromatic N) is 3. The number of nitrogens with one attached hydrogen (secondary N) is 1. The lowest BCUT2D eigenvalue weighted by molar-refractivity contribution is -0.122. The fraction of sp³-hybridized carbons (Fsp3) is 0.320. The number of carbonyl (C=O) groups excluding carboxylic acids is 2. The molecule has 1 fully saturated rings. The molecule has 8 heteroatoms. The number of primary amides is 1. The Labute approximate surface area is 192 Å². The van der Waals surface area contributed by atoms with Gasteiger partial charge in [-0.3, -0.25) is 9.59 Å².